The first-order chi connectivity index (χ1) is 15.5. The lowest BCUT2D eigenvalue weighted by Gasteiger charge is -2.45. The monoisotopic (exact) mass is 429 g/mol. The van der Waals surface area contributed by atoms with E-state index in [4.69, 9.17) is 4.74 Å². The average Bonchev–Trinajstić information content (AvgIpc) is 2.80. The van der Waals surface area contributed by atoms with Crippen molar-refractivity contribution < 1.29 is 9.53 Å². The number of para-hydroxylation sites is 1. The number of carbonyl (C=O) groups excluding carboxylic acids is 1. The van der Waals surface area contributed by atoms with Crippen molar-refractivity contribution in [3.63, 3.8) is 0 Å². The van der Waals surface area contributed by atoms with Gasteiger partial charge in [0.25, 0.3) is 5.91 Å². The fraction of sp³-hybridized carbons (Fsp3) is 0.280. The van der Waals surface area contributed by atoms with Crippen LogP contribution in [-0.4, -0.2) is 42.9 Å². The number of rotatable bonds is 4. The van der Waals surface area contributed by atoms with Gasteiger partial charge in [0, 0.05) is 42.4 Å². The smallest absolute Gasteiger partial charge is 0.255 e. The topological polar surface area (TPSA) is 69.7 Å². The maximum Gasteiger partial charge on any atom is 0.255 e. The number of hydrogen-bond donors (Lipinski definition) is 2. The summed E-state index contributed by atoms with van der Waals surface area (Å²) >= 11 is 0. The van der Waals surface area contributed by atoms with Crippen molar-refractivity contribution in [2.24, 2.45) is 0 Å². The predicted molar refractivity (Wildman–Crippen MR) is 127 cm³/mol. The number of amides is 1. The van der Waals surface area contributed by atoms with Gasteiger partial charge in [0.15, 0.2) is 0 Å². The fourth-order valence-electron chi connectivity index (χ4n) is 4.38. The van der Waals surface area contributed by atoms with Crippen LogP contribution in [0.3, 0.4) is 0 Å². The molecule has 5 rings (SSSR count). The second kappa shape index (κ2) is 8.16. The molecule has 0 saturated carbocycles. The summed E-state index contributed by atoms with van der Waals surface area (Å²) in [7, 11) is 0. The molecule has 1 fully saturated rings. The normalized spacial score (nSPS) is 17.5. The number of anilines is 5. The molecule has 0 spiro atoms. The first-order valence-electron chi connectivity index (χ1n) is 10.9. The van der Waals surface area contributed by atoms with E-state index in [9.17, 15) is 4.79 Å². The SMILES string of the molecule is CC1(C)NC(=O)c2ccccc2N1c1ccnc(Nc2ccc(N3CCOCC3)cc2)c1. The molecule has 7 heteroatoms. The third kappa shape index (κ3) is 3.87. The van der Waals surface area contributed by atoms with Crippen molar-refractivity contribution in [2.75, 3.05) is 41.4 Å². The van der Waals surface area contributed by atoms with Gasteiger partial charge in [-0.1, -0.05) is 12.1 Å². The number of pyridine rings is 1. The number of nitrogens with one attached hydrogen (secondary N) is 2. The van der Waals surface area contributed by atoms with Crippen molar-refractivity contribution in [2.45, 2.75) is 19.5 Å². The van der Waals surface area contributed by atoms with Gasteiger partial charge in [0.1, 0.15) is 11.5 Å². The molecule has 2 aliphatic rings. The lowest BCUT2D eigenvalue weighted by Crippen LogP contribution is -2.58. The van der Waals surface area contributed by atoms with Gasteiger partial charge in [-0.25, -0.2) is 4.98 Å². The molecule has 0 bridgehead atoms. The molecule has 2 aromatic carbocycles. The van der Waals surface area contributed by atoms with E-state index in [1.807, 2.05) is 50.2 Å². The summed E-state index contributed by atoms with van der Waals surface area (Å²) in [6.07, 6.45) is 1.79. The third-order valence-electron chi connectivity index (χ3n) is 5.89. The molecule has 2 aliphatic heterocycles. The number of hydrogen-bond acceptors (Lipinski definition) is 6. The predicted octanol–water partition coefficient (Wildman–Crippen LogP) is 4.28. The highest BCUT2D eigenvalue weighted by Gasteiger charge is 2.37. The highest BCUT2D eigenvalue weighted by molar-refractivity contribution is 6.03. The third-order valence-corrected chi connectivity index (χ3v) is 5.89. The van der Waals surface area contributed by atoms with Crippen molar-refractivity contribution in [3.8, 4) is 0 Å². The minimum Gasteiger partial charge on any atom is -0.378 e. The van der Waals surface area contributed by atoms with E-state index in [1.165, 1.54) is 5.69 Å². The zero-order valence-electron chi connectivity index (χ0n) is 18.3. The summed E-state index contributed by atoms with van der Waals surface area (Å²) in [5.41, 5.74) is 4.08. The van der Waals surface area contributed by atoms with Crippen LogP contribution in [0.2, 0.25) is 0 Å². The Hall–Kier alpha value is -3.58. The Morgan fingerprint density at radius 1 is 1.00 bits per heavy atom. The molecule has 32 heavy (non-hydrogen) atoms. The van der Waals surface area contributed by atoms with E-state index >= 15 is 0 Å². The lowest BCUT2D eigenvalue weighted by atomic mass is 10.0. The summed E-state index contributed by atoms with van der Waals surface area (Å²) in [6, 6.07) is 20.0. The zero-order valence-corrected chi connectivity index (χ0v) is 18.3. The molecule has 0 atom stereocenters. The number of aromatic nitrogens is 1. The Labute approximate surface area is 188 Å². The van der Waals surface area contributed by atoms with Crippen molar-refractivity contribution in [3.05, 3.63) is 72.4 Å². The number of carbonyl (C=O) groups is 1. The molecule has 0 radical (unpaired) electrons. The molecule has 0 aliphatic carbocycles. The number of nitrogens with zero attached hydrogens (tertiary/aromatic N) is 3. The van der Waals surface area contributed by atoms with Gasteiger partial charge >= 0.3 is 0 Å². The summed E-state index contributed by atoms with van der Waals surface area (Å²) in [5, 5.41) is 6.50. The minimum atomic E-state index is -0.579. The van der Waals surface area contributed by atoms with E-state index < -0.39 is 5.66 Å². The molecule has 1 saturated heterocycles. The fourth-order valence-corrected chi connectivity index (χ4v) is 4.38. The lowest BCUT2D eigenvalue weighted by molar-refractivity contribution is 0.0904. The summed E-state index contributed by atoms with van der Waals surface area (Å²) < 4.78 is 5.44. The minimum absolute atomic E-state index is 0.0605. The van der Waals surface area contributed by atoms with Crippen molar-refractivity contribution >= 4 is 34.5 Å². The average molecular weight is 430 g/mol. The second-order valence-electron chi connectivity index (χ2n) is 8.54. The number of fused-ring (bicyclic) bond motifs is 1. The second-order valence-corrected chi connectivity index (χ2v) is 8.54. The van der Waals surface area contributed by atoms with E-state index in [2.05, 4.69) is 49.7 Å². The van der Waals surface area contributed by atoms with Crippen molar-refractivity contribution in [1.29, 1.82) is 0 Å². The first-order valence-corrected chi connectivity index (χ1v) is 10.9. The molecule has 0 unspecified atom stereocenters. The zero-order chi connectivity index (χ0) is 22.1. The van der Waals surface area contributed by atoms with Crippen LogP contribution in [0.25, 0.3) is 0 Å². The Kier molecular flexibility index (Phi) is 5.19. The van der Waals surface area contributed by atoms with Crippen LogP contribution in [0.5, 0.6) is 0 Å². The number of ether oxygens (including phenoxy) is 1. The molecule has 7 nitrogen and oxygen atoms in total. The number of benzene rings is 2. The first kappa shape index (κ1) is 20.3. The Morgan fingerprint density at radius 2 is 1.75 bits per heavy atom. The van der Waals surface area contributed by atoms with E-state index in [-0.39, 0.29) is 5.91 Å². The molecule has 3 aromatic rings. The van der Waals surface area contributed by atoms with Gasteiger partial charge in [-0.05, 0) is 56.3 Å². The van der Waals surface area contributed by atoms with E-state index in [0.29, 0.717) is 5.56 Å². The van der Waals surface area contributed by atoms with E-state index in [0.717, 1.165) is 49.2 Å². The van der Waals surface area contributed by atoms with Gasteiger partial charge in [-0.2, -0.15) is 0 Å². The molecule has 1 aromatic heterocycles. The van der Waals surface area contributed by atoms with Gasteiger partial charge in [-0.3, -0.25) is 4.79 Å². The standard InChI is InChI=1S/C25H27N5O2/c1-25(2)28-24(31)21-5-3-4-6-22(21)30(25)20-11-12-26-23(17-20)27-18-7-9-19(10-8-18)29-13-15-32-16-14-29/h3-12,17H,13-16H2,1-2H3,(H,26,27)(H,28,31). The summed E-state index contributed by atoms with van der Waals surface area (Å²) in [6.45, 7) is 7.37. The molecule has 2 N–H and O–H groups in total. The van der Waals surface area contributed by atoms with Crippen LogP contribution in [0, 0.1) is 0 Å². The Balaban J connectivity index is 1.40. The molecule has 1 amide bonds. The quantitative estimate of drug-likeness (QED) is 0.645. The van der Waals surface area contributed by atoms with Gasteiger partial charge in [0.05, 0.1) is 24.5 Å². The Morgan fingerprint density at radius 3 is 2.53 bits per heavy atom. The molecule has 164 valence electrons. The Bertz CT molecular complexity index is 1120. The highest BCUT2D eigenvalue weighted by Crippen LogP contribution is 2.38. The maximum absolute atomic E-state index is 12.6. The van der Waals surface area contributed by atoms with Crippen LogP contribution in [-0.2, 0) is 4.74 Å². The highest BCUT2D eigenvalue weighted by atomic mass is 16.5. The molecular formula is C25H27N5O2. The summed E-state index contributed by atoms with van der Waals surface area (Å²) in [5.74, 6) is 0.682. The van der Waals surface area contributed by atoms with Crippen LogP contribution < -0.4 is 20.4 Å². The van der Waals surface area contributed by atoms with Crippen LogP contribution >= 0.6 is 0 Å². The maximum atomic E-state index is 12.6. The van der Waals surface area contributed by atoms with Gasteiger partial charge in [-0.15, -0.1) is 0 Å². The number of morpholine rings is 1. The molecule has 3 heterocycles. The van der Waals surface area contributed by atoms with Gasteiger partial charge < -0.3 is 25.2 Å². The largest absolute Gasteiger partial charge is 0.378 e. The summed E-state index contributed by atoms with van der Waals surface area (Å²) in [4.78, 5) is 21.5. The van der Waals surface area contributed by atoms with Crippen LogP contribution in [0.15, 0.2) is 66.9 Å². The molecular weight excluding hydrogens is 402 g/mol. The van der Waals surface area contributed by atoms with Crippen LogP contribution in [0.4, 0.5) is 28.6 Å². The van der Waals surface area contributed by atoms with Crippen molar-refractivity contribution in [1.82, 2.24) is 10.3 Å². The van der Waals surface area contributed by atoms with E-state index in [1.54, 1.807) is 6.20 Å². The van der Waals surface area contributed by atoms with Gasteiger partial charge in [0.2, 0.25) is 0 Å². The van der Waals surface area contributed by atoms with Crippen LogP contribution in [0.1, 0.15) is 24.2 Å².